The van der Waals surface area contributed by atoms with Crippen LogP contribution in [-0.2, 0) is 4.79 Å². The highest BCUT2D eigenvalue weighted by molar-refractivity contribution is 5.85. The number of hydrazine groups is 1. The van der Waals surface area contributed by atoms with Gasteiger partial charge in [0, 0.05) is 6.04 Å². The highest BCUT2D eigenvalue weighted by Gasteiger charge is 2.26. The fourth-order valence-electron chi connectivity index (χ4n) is 0.812. The topological polar surface area (TPSA) is 53.2 Å². The van der Waals surface area contributed by atoms with Crippen molar-refractivity contribution in [3.8, 4) is 0 Å². The Hall–Kier alpha value is -0.610. The Morgan fingerprint density at radius 3 is 2.17 bits per heavy atom. The summed E-state index contributed by atoms with van der Waals surface area (Å²) in [5.74, 6) is -0.00755. The number of carbonyl (C=O) groups excluding carboxylic acids is 1. The third-order valence-electron chi connectivity index (χ3n) is 1.42. The fraction of sp³-hybridized carbons (Fsp3) is 0.875. The average molecular weight is 173 g/mol. The van der Waals surface area contributed by atoms with Crippen molar-refractivity contribution in [2.45, 2.75) is 39.3 Å². The quantitative estimate of drug-likeness (QED) is 0.525. The van der Waals surface area contributed by atoms with Gasteiger partial charge >= 0.3 is 0 Å². The Labute approximate surface area is 74.1 Å². The summed E-state index contributed by atoms with van der Waals surface area (Å²) in [5.41, 5.74) is 5.05. The van der Waals surface area contributed by atoms with Crippen molar-refractivity contribution in [2.75, 3.05) is 7.05 Å². The van der Waals surface area contributed by atoms with Crippen LogP contribution in [0.4, 0.5) is 0 Å². The predicted octanol–water partition coefficient (Wildman–Crippen LogP) is 0.0136. The predicted molar refractivity (Wildman–Crippen MR) is 49.6 cm³/mol. The second-order valence-electron chi connectivity index (χ2n) is 3.63. The maximum atomic E-state index is 11.5. The van der Waals surface area contributed by atoms with Gasteiger partial charge in [-0.2, -0.15) is 0 Å². The minimum absolute atomic E-state index is 0.00755. The number of amides is 1. The Balaban J connectivity index is 4.06. The monoisotopic (exact) mass is 173 g/mol. The van der Waals surface area contributed by atoms with Crippen LogP contribution in [0.3, 0.4) is 0 Å². The van der Waals surface area contributed by atoms with E-state index < -0.39 is 5.54 Å². The Morgan fingerprint density at radius 2 is 1.83 bits per heavy atom. The van der Waals surface area contributed by atoms with Crippen LogP contribution in [0.2, 0.25) is 0 Å². The molecule has 1 amide bonds. The van der Waals surface area contributed by atoms with Crippen molar-refractivity contribution in [3.05, 3.63) is 0 Å². The zero-order chi connectivity index (χ0) is 9.78. The van der Waals surface area contributed by atoms with E-state index >= 15 is 0 Å². The van der Waals surface area contributed by atoms with Gasteiger partial charge in [-0.3, -0.25) is 10.2 Å². The molecular formula is C8H19N3O. The number of carbonyl (C=O) groups is 1. The first-order valence-corrected chi connectivity index (χ1v) is 4.15. The highest BCUT2D eigenvalue weighted by atomic mass is 16.2. The van der Waals surface area contributed by atoms with Crippen LogP contribution in [0.15, 0.2) is 0 Å². The lowest BCUT2D eigenvalue weighted by atomic mass is 10.1. The summed E-state index contributed by atoms with van der Waals surface area (Å²) >= 11 is 0. The molecule has 0 aliphatic rings. The lowest BCUT2D eigenvalue weighted by molar-refractivity contribution is -0.127. The van der Waals surface area contributed by atoms with E-state index in [4.69, 9.17) is 0 Å². The first-order chi connectivity index (χ1) is 5.40. The van der Waals surface area contributed by atoms with Crippen LogP contribution in [0.1, 0.15) is 27.7 Å². The molecule has 0 rings (SSSR count). The molecule has 0 aliphatic heterocycles. The van der Waals surface area contributed by atoms with Crippen molar-refractivity contribution in [3.63, 3.8) is 0 Å². The van der Waals surface area contributed by atoms with Crippen LogP contribution in [-0.4, -0.2) is 24.5 Å². The second-order valence-corrected chi connectivity index (χ2v) is 3.63. The Bertz CT molecular complexity index is 154. The van der Waals surface area contributed by atoms with E-state index in [2.05, 4.69) is 16.2 Å². The minimum Gasteiger partial charge on any atom is -0.352 e. The van der Waals surface area contributed by atoms with Gasteiger partial charge in [0.25, 0.3) is 0 Å². The standard InChI is InChI=1S/C8H19N3O/c1-6(2)10-7(12)8(3,4)11-9-5/h6,9,11H,1-5H3,(H,10,12). The lowest BCUT2D eigenvalue weighted by Crippen LogP contribution is -2.57. The van der Waals surface area contributed by atoms with E-state index in [0.717, 1.165) is 0 Å². The molecular weight excluding hydrogens is 154 g/mol. The summed E-state index contributed by atoms with van der Waals surface area (Å²) in [6.07, 6.45) is 0. The van der Waals surface area contributed by atoms with E-state index in [0.29, 0.717) is 0 Å². The molecule has 12 heavy (non-hydrogen) atoms. The van der Waals surface area contributed by atoms with Gasteiger partial charge in [0.05, 0.1) is 0 Å². The average Bonchev–Trinajstić information content (AvgIpc) is 1.85. The Kier molecular flexibility index (Phi) is 4.20. The zero-order valence-electron chi connectivity index (χ0n) is 8.49. The first kappa shape index (κ1) is 11.4. The summed E-state index contributed by atoms with van der Waals surface area (Å²) in [5, 5.41) is 2.83. The summed E-state index contributed by atoms with van der Waals surface area (Å²) < 4.78 is 0. The fourth-order valence-corrected chi connectivity index (χ4v) is 0.812. The molecule has 0 aromatic heterocycles. The van der Waals surface area contributed by atoms with E-state index in [-0.39, 0.29) is 11.9 Å². The number of nitrogens with one attached hydrogen (secondary N) is 3. The number of hydrogen-bond acceptors (Lipinski definition) is 3. The van der Waals surface area contributed by atoms with Crippen LogP contribution >= 0.6 is 0 Å². The molecule has 4 nitrogen and oxygen atoms in total. The van der Waals surface area contributed by atoms with Gasteiger partial charge in [-0.05, 0) is 34.7 Å². The molecule has 4 heteroatoms. The molecule has 0 radical (unpaired) electrons. The SMILES string of the molecule is CNNC(C)(C)C(=O)NC(C)C. The highest BCUT2D eigenvalue weighted by Crippen LogP contribution is 2.00. The maximum Gasteiger partial charge on any atom is 0.241 e. The normalized spacial score (nSPS) is 11.8. The molecule has 0 aliphatic carbocycles. The molecule has 0 saturated carbocycles. The van der Waals surface area contributed by atoms with Crippen molar-refractivity contribution >= 4 is 5.91 Å². The van der Waals surface area contributed by atoms with Gasteiger partial charge in [-0.25, -0.2) is 5.43 Å². The summed E-state index contributed by atoms with van der Waals surface area (Å²) in [7, 11) is 1.74. The molecule has 0 unspecified atom stereocenters. The van der Waals surface area contributed by atoms with Crippen molar-refractivity contribution < 1.29 is 4.79 Å². The third-order valence-corrected chi connectivity index (χ3v) is 1.42. The molecule has 0 fully saturated rings. The molecule has 0 aromatic carbocycles. The van der Waals surface area contributed by atoms with E-state index in [1.165, 1.54) is 0 Å². The van der Waals surface area contributed by atoms with Crippen molar-refractivity contribution in [1.82, 2.24) is 16.2 Å². The molecule has 72 valence electrons. The van der Waals surface area contributed by atoms with E-state index in [1.807, 2.05) is 27.7 Å². The van der Waals surface area contributed by atoms with Crippen molar-refractivity contribution in [2.24, 2.45) is 0 Å². The van der Waals surface area contributed by atoms with Gasteiger partial charge in [0.2, 0.25) is 5.91 Å². The molecule has 0 spiro atoms. The molecule has 0 atom stereocenters. The van der Waals surface area contributed by atoms with Crippen LogP contribution < -0.4 is 16.2 Å². The summed E-state index contributed by atoms with van der Waals surface area (Å²) in [6, 6.07) is 0.176. The Morgan fingerprint density at radius 1 is 1.33 bits per heavy atom. The van der Waals surface area contributed by atoms with Gasteiger partial charge in [-0.1, -0.05) is 0 Å². The minimum atomic E-state index is -0.570. The van der Waals surface area contributed by atoms with Gasteiger partial charge < -0.3 is 5.32 Å². The van der Waals surface area contributed by atoms with E-state index in [1.54, 1.807) is 7.05 Å². The lowest BCUT2D eigenvalue weighted by Gasteiger charge is -2.25. The summed E-state index contributed by atoms with van der Waals surface area (Å²) in [4.78, 5) is 11.5. The third kappa shape index (κ3) is 3.69. The van der Waals surface area contributed by atoms with Gasteiger partial charge in [-0.15, -0.1) is 0 Å². The van der Waals surface area contributed by atoms with Crippen LogP contribution in [0.25, 0.3) is 0 Å². The van der Waals surface area contributed by atoms with Crippen molar-refractivity contribution in [1.29, 1.82) is 0 Å². The first-order valence-electron chi connectivity index (χ1n) is 4.15. The smallest absolute Gasteiger partial charge is 0.241 e. The molecule has 0 heterocycles. The van der Waals surface area contributed by atoms with E-state index in [9.17, 15) is 4.79 Å². The van der Waals surface area contributed by atoms with Gasteiger partial charge in [0.1, 0.15) is 5.54 Å². The number of rotatable bonds is 4. The molecule has 0 aromatic rings. The number of hydrogen-bond donors (Lipinski definition) is 3. The van der Waals surface area contributed by atoms with Crippen LogP contribution in [0.5, 0.6) is 0 Å². The second kappa shape index (κ2) is 4.42. The van der Waals surface area contributed by atoms with Crippen LogP contribution in [0, 0.1) is 0 Å². The summed E-state index contributed by atoms with van der Waals surface area (Å²) in [6.45, 7) is 7.52. The zero-order valence-corrected chi connectivity index (χ0v) is 8.49. The maximum absolute atomic E-state index is 11.5. The largest absolute Gasteiger partial charge is 0.352 e. The van der Waals surface area contributed by atoms with Gasteiger partial charge in [0.15, 0.2) is 0 Å². The molecule has 0 saturated heterocycles. The molecule has 3 N–H and O–H groups in total. The molecule has 0 bridgehead atoms.